The fraction of sp³-hybridized carbons (Fsp3) is 0.444. The van der Waals surface area contributed by atoms with Crippen LogP contribution in [0.3, 0.4) is 0 Å². The number of hydrogen-bond acceptors (Lipinski definition) is 6. The van der Waals surface area contributed by atoms with Crippen molar-refractivity contribution in [2.24, 2.45) is 10.9 Å². The SMILES string of the molecule is COc1c(OCC(=O)NCCF)cccc1C1SC(c2ccc(F)cc2)=NC1C(=O)C1CCCCC1. The average Bonchev–Trinajstić information content (AvgIpc) is 3.36. The summed E-state index contributed by atoms with van der Waals surface area (Å²) in [4.78, 5) is 30.4. The van der Waals surface area contributed by atoms with E-state index in [9.17, 15) is 18.4 Å². The van der Waals surface area contributed by atoms with Gasteiger partial charge in [-0.05, 0) is 43.2 Å². The van der Waals surface area contributed by atoms with Gasteiger partial charge in [0.25, 0.3) is 5.91 Å². The second kappa shape index (κ2) is 12.3. The summed E-state index contributed by atoms with van der Waals surface area (Å²) >= 11 is 1.45. The van der Waals surface area contributed by atoms with Gasteiger partial charge in [0.1, 0.15) is 18.5 Å². The van der Waals surface area contributed by atoms with Crippen LogP contribution in [0.25, 0.3) is 0 Å². The highest BCUT2D eigenvalue weighted by Crippen LogP contribution is 2.49. The number of Topliss-reactive ketones (excluding diaryl/α,β-unsaturated/α-hetero) is 1. The molecular weight excluding hydrogens is 486 g/mol. The second-order valence-corrected chi connectivity index (χ2v) is 10.00. The van der Waals surface area contributed by atoms with Crippen molar-refractivity contribution in [3.63, 3.8) is 0 Å². The first-order valence-electron chi connectivity index (χ1n) is 12.2. The number of carbonyl (C=O) groups excluding carboxylic acids is 2. The third kappa shape index (κ3) is 6.06. The van der Waals surface area contributed by atoms with Gasteiger partial charge in [0, 0.05) is 23.6 Å². The number of benzene rings is 2. The molecule has 192 valence electrons. The zero-order valence-corrected chi connectivity index (χ0v) is 21.0. The number of nitrogens with one attached hydrogen (secondary N) is 1. The van der Waals surface area contributed by atoms with E-state index in [4.69, 9.17) is 14.5 Å². The minimum atomic E-state index is -0.656. The van der Waals surface area contributed by atoms with Gasteiger partial charge < -0.3 is 14.8 Å². The van der Waals surface area contributed by atoms with E-state index in [1.807, 2.05) is 6.07 Å². The number of amides is 1. The Balaban J connectivity index is 1.63. The van der Waals surface area contributed by atoms with E-state index in [1.165, 1.54) is 31.0 Å². The van der Waals surface area contributed by atoms with Gasteiger partial charge in [-0.3, -0.25) is 14.6 Å². The fourth-order valence-electron chi connectivity index (χ4n) is 4.69. The molecule has 1 amide bonds. The summed E-state index contributed by atoms with van der Waals surface area (Å²) in [5.41, 5.74) is 1.49. The van der Waals surface area contributed by atoms with Gasteiger partial charge in [0.15, 0.2) is 23.9 Å². The molecule has 0 saturated heterocycles. The third-order valence-electron chi connectivity index (χ3n) is 6.47. The highest BCUT2D eigenvalue weighted by atomic mass is 32.2. The molecule has 6 nitrogen and oxygen atoms in total. The molecule has 1 saturated carbocycles. The van der Waals surface area contributed by atoms with Crippen molar-refractivity contribution in [2.75, 3.05) is 26.9 Å². The van der Waals surface area contributed by atoms with Gasteiger partial charge in [-0.2, -0.15) is 0 Å². The van der Waals surface area contributed by atoms with Crippen LogP contribution in [0.2, 0.25) is 0 Å². The molecule has 0 bridgehead atoms. The summed E-state index contributed by atoms with van der Waals surface area (Å²) in [7, 11) is 1.51. The number of halogens is 2. The van der Waals surface area contributed by atoms with Crippen molar-refractivity contribution < 1.29 is 27.8 Å². The molecule has 9 heteroatoms. The predicted octanol–water partition coefficient (Wildman–Crippen LogP) is 5.05. The van der Waals surface area contributed by atoms with Crippen molar-refractivity contribution in [3.8, 4) is 11.5 Å². The van der Waals surface area contributed by atoms with Crippen molar-refractivity contribution in [3.05, 3.63) is 59.4 Å². The van der Waals surface area contributed by atoms with Gasteiger partial charge in [0.2, 0.25) is 0 Å². The highest BCUT2D eigenvalue weighted by molar-refractivity contribution is 8.15. The van der Waals surface area contributed by atoms with Crippen LogP contribution in [0.15, 0.2) is 47.5 Å². The molecule has 1 heterocycles. The summed E-state index contributed by atoms with van der Waals surface area (Å²) in [6.07, 6.45) is 4.94. The molecule has 0 spiro atoms. The van der Waals surface area contributed by atoms with Crippen LogP contribution in [0, 0.1) is 11.7 Å². The highest BCUT2D eigenvalue weighted by Gasteiger charge is 2.41. The van der Waals surface area contributed by atoms with E-state index in [-0.39, 0.29) is 35.9 Å². The molecule has 4 rings (SSSR count). The van der Waals surface area contributed by atoms with Crippen molar-refractivity contribution >= 4 is 28.5 Å². The molecule has 2 atom stereocenters. The van der Waals surface area contributed by atoms with Crippen LogP contribution < -0.4 is 14.8 Å². The Kier molecular flexibility index (Phi) is 8.96. The van der Waals surface area contributed by atoms with E-state index < -0.39 is 18.6 Å². The molecule has 0 aromatic heterocycles. The quantitative estimate of drug-likeness (QED) is 0.478. The molecule has 1 aliphatic heterocycles. The number of aliphatic imine (C=N–C) groups is 1. The topological polar surface area (TPSA) is 77.0 Å². The van der Waals surface area contributed by atoms with Crippen LogP contribution in [-0.2, 0) is 9.59 Å². The van der Waals surface area contributed by atoms with Gasteiger partial charge in [-0.1, -0.05) is 43.2 Å². The van der Waals surface area contributed by atoms with Crippen LogP contribution >= 0.6 is 11.8 Å². The number of ketones is 1. The Labute approximate surface area is 213 Å². The summed E-state index contributed by atoms with van der Waals surface area (Å²) in [6, 6.07) is 10.8. The Morgan fingerprint density at radius 3 is 2.56 bits per heavy atom. The smallest absolute Gasteiger partial charge is 0.258 e. The van der Waals surface area contributed by atoms with Crippen molar-refractivity contribution in [1.29, 1.82) is 0 Å². The largest absolute Gasteiger partial charge is 0.493 e. The minimum Gasteiger partial charge on any atom is -0.493 e. The molecule has 2 aliphatic rings. The summed E-state index contributed by atoms with van der Waals surface area (Å²) in [5, 5.41) is 2.73. The molecule has 2 aromatic carbocycles. The standard InChI is InChI=1S/C27H30F2N2O4S/c1-34-25-20(8-5-9-21(25)35-16-22(32)30-15-14-28)26-23(24(33)17-6-3-2-4-7-17)31-27(36-26)18-10-12-19(29)13-11-18/h5,8-13,17,23,26H,2-4,6-7,14-16H2,1H3,(H,30,32). The van der Waals surface area contributed by atoms with E-state index in [0.29, 0.717) is 16.5 Å². The number of carbonyl (C=O) groups is 2. The lowest BCUT2D eigenvalue weighted by Gasteiger charge is -2.26. The first kappa shape index (κ1) is 26.1. The zero-order chi connectivity index (χ0) is 25.5. The Morgan fingerprint density at radius 1 is 1.11 bits per heavy atom. The van der Waals surface area contributed by atoms with Gasteiger partial charge >= 0.3 is 0 Å². The number of alkyl halides is 1. The molecule has 2 aromatic rings. The second-order valence-electron chi connectivity index (χ2n) is 8.87. The zero-order valence-electron chi connectivity index (χ0n) is 20.2. The average molecular weight is 517 g/mol. The lowest BCUT2D eigenvalue weighted by Crippen LogP contribution is -2.31. The number of nitrogens with zero attached hydrogens (tertiary/aromatic N) is 1. The Bertz CT molecular complexity index is 1100. The summed E-state index contributed by atoms with van der Waals surface area (Å²) in [6.45, 7) is -1.03. The first-order chi connectivity index (χ1) is 17.5. The molecule has 1 aliphatic carbocycles. The number of methoxy groups -OCH3 is 1. The number of para-hydroxylation sites is 1. The number of thioether (sulfide) groups is 1. The molecule has 0 radical (unpaired) electrons. The maximum absolute atomic E-state index is 13.7. The molecule has 1 fully saturated rings. The van der Waals surface area contributed by atoms with Gasteiger partial charge in [-0.25, -0.2) is 8.78 Å². The van der Waals surface area contributed by atoms with E-state index in [0.717, 1.165) is 43.2 Å². The van der Waals surface area contributed by atoms with E-state index in [1.54, 1.807) is 24.3 Å². The number of hydrogen-bond donors (Lipinski definition) is 1. The normalized spacial score (nSPS) is 20.0. The van der Waals surface area contributed by atoms with E-state index >= 15 is 0 Å². The number of ether oxygens (including phenoxy) is 2. The Morgan fingerprint density at radius 2 is 1.86 bits per heavy atom. The van der Waals surface area contributed by atoms with Crippen LogP contribution in [0.4, 0.5) is 8.78 Å². The lowest BCUT2D eigenvalue weighted by atomic mass is 9.82. The molecule has 2 unspecified atom stereocenters. The summed E-state index contributed by atoms with van der Waals surface area (Å²) < 4.78 is 37.2. The third-order valence-corrected chi connectivity index (χ3v) is 7.80. The van der Waals surface area contributed by atoms with Gasteiger partial charge in [0.05, 0.1) is 17.4 Å². The fourth-order valence-corrected chi connectivity index (χ4v) is 6.01. The molecular formula is C27H30F2N2O4S. The summed E-state index contributed by atoms with van der Waals surface area (Å²) in [5.74, 6) is 0.0740. The van der Waals surface area contributed by atoms with Crippen molar-refractivity contribution in [1.82, 2.24) is 5.32 Å². The lowest BCUT2D eigenvalue weighted by molar-refractivity contribution is -0.125. The maximum Gasteiger partial charge on any atom is 0.258 e. The van der Waals surface area contributed by atoms with Gasteiger partial charge in [-0.15, -0.1) is 0 Å². The maximum atomic E-state index is 13.7. The first-order valence-corrected chi connectivity index (χ1v) is 13.1. The molecule has 1 N–H and O–H groups in total. The minimum absolute atomic E-state index is 0.0344. The van der Waals surface area contributed by atoms with E-state index in [2.05, 4.69) is 5.32 Å². The molecule has 36 heavy (non-hydrogen) atoms. The number of rotatable bonds is 10. The van der Waals surface area contributed by atoms with Crippen LogP contribution in [0.5, 0.6) is 11.5 Å². The Hall–Kier alpha value is -2.94. The van der Waals surface area contributed by atoms with Crippen LogP contribution in [0.1, 0.15) is 48.5 Å². The van der Waals surface area contributed by atoms with Crippen molar-refractivity contribution in [2.45, 2.75) is 43.4 Å². The predicted molar refractivity (Wildman–Crippen MR) is 136 cm³/mol. The monoisotopic (exact) mass is 516 g/mol. The van der Waals surface area contributed by atoms with Crippen LogP contribution in [-0.4, -0.2) is 49.7 Å².